The largest absolute Gasteiger partial charge is 0.416 e. The van der Waals surface area contributed by atoms with Crippen molar-refractivity contribution in [3.63, 3.8) is 0 Å². The highest BCUT2D eigenvalue weighted by Crippen LogP contribution is 2.32. The lowest BCUT2D eigenvalue weighted by Gasteiger charge is -2.11. The van der Waals surface area contributed by atoms with Crippen molar-refractivity contribution >= 4 is 33.3 Å². The van der Waals surface area contributed by atoms with Crippen LogP contribution in [0, 0.1) is 0 Å². The fourth-order valence-corrected chi connectivity index (χ4v) is 5.43. The zero-order chi connectivity index (χ0) is 23.7. The molecule has 0 atom stereocenters. The zero-order valence-corrected chi connectivity index (χ0v) is 19.2. The maximum atomic E-state index is 13.1. The molecule has 3 aromatic carbocycles. The van der Waals surface area contributed by atoms with E-state index in [1.54, 1.807) is 10.6 Å². The SMILES string of the molecule is O=c1sc2ccccc2n1Cc1nnc(SCc2cccc(C(F)(F)F)c2)n1-c1ccccc1. The Morgan fingerprint density at radius 3 is 2.47 bits per heavy atom. The van der Waals surface area contributed by atoms with Gasteiger partial charge in [0, 0.05) is 11.4 Å². The van der Waals surface area contributed by atoms with E-state index in [1.807, 2.05) is 59.2 Å². The summed E-state index contributed by atoms with van der Waals surface area (Å²) in [7, 11) is 0. The van der Waals surface area contributed by atoms with Gasteiger partial charge in [0.2, 0.25) is 0 Å². The number of para-hydroxylation sites is 2. The Morgan fingerprint density at radius 2 is 1.68 bits per heavy atom. The number of fused-ring (bicyclic) bond motifs is 1. The standard InChI is InChI=1S/C24H17F3N4OS2/c25-24(26,27)17-8-6-7-16(13-17)15-33-22-29-28-21(31(22)18-9-2-1-3-10-18)14-30-19-11-4-5-12-20(19)34-23(30)32/h1-13H,14-15H2. The van der Waals surface area contributed by atoms with Gasteiger partial charge in [-0.3, -0.25) is 13.9 Å². The lowest BCUT2D eigenvalue weighted by atomic mass is 10.1. The predicted molar refractivity (Wildman–Crippen MR) is 128 cm³/mol. The summed E-state index contributed by atoms with van der Waals surface area (Å²) >= 11 is 2.46. The summed E-state index contributed by atoms with van der Waals surface area (Å²) in [6.07, 6.45) is -4.39. The van der Waals surface area contributed by atoms with Gasteiger partial charge in [-0.2, -0.15) is 13.2 Å². The van der Waals surface area contributed by atoms with Crippen molar-refractivity contribution in [3.05, 3.63) is 105 Å². The molecule has 34 heavy (non-hydrogen) atoms. The van der Waals surface area contributed by atoms with Crippen LogP contribution in [-0.4, -0.2) is 19.3 Å². The van der Waals surface area contributed by atoms with Crippen LogP contribution in [0.25, 0.3) is 15.9 Å². The number of aromatic nitrogens is 4. The molecule has 0 unspecified atom stereocenters. The van der Waals surface area contributed by atoms with E-state index in [4.69, 9.17) is 0 Å². The van der Waals surface area contributed by atoms with Crippen LogP contribution in [0.3, 0.4) is 0 Å². The number of alkyl halides is 3. The van der Waals surface area contributed by atoms with E-state index in [0.717, 1.165) is 28.0 Å². The van der Waals surface area contributed by atoms with E-state index in [1.165, 1.54) is 29.2 Å². The van der Waals surface area contributed by atoms with Gasteiger partial charge in [0.15, 0.2) is 11.0 Å². The van der Waals surface area contributed by atoms with Crippen molar-refractivity contribution in [1.82, 2.24) is 19.3 Å². The van der Waals surface area contributed by atoms with Gasteiger partial charge in [0.1, 0.15) is 0 Å². The molecule has 0 bridgehead atoms. The molecule has 0 aliphatic carbocycles. The van der Waals surface area contributed by atoms with Gasteiger partial charge in [-0.15, -0.1) is 10.2 Å². The van der Waals surface area contributed by atoms with Crippen molar-refractivity contribution in [3.8, 4) is 5.69 Å². The average Bonchev–Trinajstić information content (AvgIpc) is 3.38. The summed E-state index contributed by atoms with van der Waals surface area (Å²) in [5.74, 6) is 0.847. The second kappa shape index (κ2) is 9.11. The molecule has 5 nitrogen and oxygen atoms in total. The summed E-state index contributed by atoms with van der Waals surface area (Å²) in [4.78, 5) is 12.6. The average molecular weight is 499 g/mol. The predicted octanol–water partition coefficient (Wildman–Crippen LogP) is 6.00. The van der Waals surface area contributed by atoms with Gasteiger partial charge in [0.05, 0.1) is 22.3 Å². The molecular formula is C24H17F3N4OS2. The molecule has 0 N–H and O–H groups in total. The van der Waals surface area contributed by atoms with Gasteiger partial charge in [-0.25, -0.2) is 0 Å². The summed E-state index contributed by atoms with van der Waals surface area (Å²) in [6, 6.07) is 22.3. The van der Waals surface area contributed by atoms with E-state index in [9.17, 15) is 18.0 Å². The van der Waals surface area contributed by atoms with E-state index >= 15 is 0 Å². The quantitative estimate of drug-likeness (QED) is 0.269. The van der Waals surface area contributed by atoms with Crippen LogP contribution in [0.5, 0.6) is 0 Å². The molecule has 0 fully saturated rings. The Labute approximate surface area is 200 Å². The van der Waals surface area contributed by atoms with E-state index in [-0.39, 0.29) is 17.2 Å². The van der Waals surface area contributed by atoms with Gasteiger partial charge in [0.25, 0.3) is 0 Å². The van der Waals surface area contributed by atoms with Crippen molar-refractivity contribution in [1.29, 1.82) is 0 Å². The maximum absolute atomic E-state index is 13.1. The molecule has 5 rings (SSSR count). The molecule has 5 aromatic rings. The normalized spacial score (nSPS) is 11.9. The Hall–Kier alpha value is -3.37. The minimum absolute atomic E-state index is 0.0954. The fourth-order valence-electron chi connectivity index (χ4n) is 3.62. The second-order valence-electron chi connectivity index (χ2n) is 7.48. The third-order valence-corrected chi connectivity index (χ3v) is 7.17. The molecule has 2 aromatic heterocycles. The smallest absolute Gasteiger partial charge is 0.291 e. The number of hydrogen-bond donors (Lipinski definition) is 0. The van der Waals surface area contributed by atoms with E-state index in [0.29, 0.717) is 16.5 Å². The van der Waals surface area contributed by atoms with Crippen LogP contribution in [0.1, 0.15) is 17.0 Å². The molecule has 0 amide bonds. The van der Waals surface area contributed by atoms with Gasteiger partial charge >= 0.3 is 11.0 Å². The topological polar surface area (TPSA) is 52.7 Å². The lowest BCUT2D eigenvalue weighted by Crippen LogP contribution is -2.16. The number of halogens is 3. The molecule has 10 heteroatoms. The first-order valence-electron chi connectivity index (χ1n) is 10.3. The van der Waals surface area contributed by atoms with Crippen LogP contribution < -0.4 is 4.87 Å². The highest BCUT2D eigenvalue weighted by molar-refractivity contribution is 7.98. The molecule has 0 radical (unpaired) electrons. The van der Waals surface area contributed by atoms with Crippen molar-refractivity contribution in [2.24, 2.45) is 0 Å². The van der Waals surface area contributed by atoms with Crippen LogP contribution in [-0.2, 0) is 18.5 Å². The first kappa shape index (κ1) is 22.4. The van der Waals surface area contributed by atoms with Crippen LogP contribution in [0.2, 0.25) is 0 Å². The Bertz CT molecular complexity index is 1510. The summed E-state index contributed by atoms with van der Waals surface area (Å²) < 4.78 is 43.6. The fraction of sp³-hybridized carbons (Fsp3) is 0.125. The number of rotatable bonds is 6. The minimum Gasteiger partial charge on any atom is -0.291 e. The van der Waals surface area contributed by atoms with Crippen molar-refractivity contribution in [2.75, 3.05) is 0 Å². The molecule has 2 heterocycles. The van der Waals surface area contributed by atoms with Gasteiger partial charge in [-0.1, -0.05) is 71.6 Å². The highest BCUT2D eigenvalue weighted by atomic mass is 32.2. The first-order valence-corrected chi connectivity index (χ1v) is 12.1. The van der Waals surface area contributed by atoms with Crippen LogP contribution in [0.15, 0.2) is 88.8 Å². The molecule has 0 aliphatic heterocycles. The number of thiazole rings is 1. The van der Waals surface area contributed by atoms with Gasteiger partial charge < -0.3 is 0 Å². The zero-order valence-electron chi connectivity index (χ0n) is 17.6. The maximum Gasteiger partial charge on any atom is 0.416 e. The van der Waals surface area contributed by atoms with Gasteiger partial charge in [-0.05, 0) is 35.9 Å². The third kappa shape index (κ3) is 4.51. The number of benzene rings is 3. The Kier molecular flexibility index (Phi) is 6.01. The van der Waals surface area contributed by atoms with E-state index < -0.39 is 11.7 Å². The monoisotopic (exact) mass is 498 g/mol. The summed E-state index contributed by atoms with van der Waals surface area (Å²) in [5, 5.41) is 9.19. The number of nitrogens with zero attached hydrogens (tertiary/aromatic N) is 4. The Morgan fingerprint density at radius 1 is 0.912 bits per heavy atom. The van der Waals surface area contributed by atoms with Crippen molar-refractivity contribution in [2.45, 2.75) is 23.6 Å². The molecule has 0 saturated heterocycles. The molecule has 172 valence electrons. The summed E-state index contributed by atoms with van der Waals surface area (Å²) in [5.41, 5.74) is 1.48. The first-order chi connectivity index (χ1) is 16.4. The van der Waals surface area contributed by atoms with Crippen LogP contribution in [0.4, 0.5) is 13.2 Å². The number of hydrogen-bond acceptors (Lipinski definition) is 5. The molecule has 0 aliphatic rings. The van der Waals surface area contributed by atoms with Crippen molar-refractivity contribution < 1.29 is 13.2 Å². The molecule has 0 saturated carbocycles. The lowest BCUT2D eigenvalue weighted by molar-refractivity contribution is -0.137. The third-order valence-electron chi connectivity index (χ3n) is 5.21. The highest BCUT2D eigenvalue weighted by Gasteiger charge is 2.30. The van der Waals surface area contributed by atoms with Crippen LogP contribution >= 0.6 is 23.1 Å². The minimum atomic E-state index is -4.39. The molecular weight excluding hydrogens is 481 g/mol. The second-order valence-corrected chi connectivity index (χ2v) is 9.41. The van der Waals surface area contributed by atoms with E-state index in [2.05, 4.69) is 10.2 Å². The summed E-state index contributed by atoms with van der Waals surface area (Å²) in [6.45, 7) is 0.217. The Balaban J connectivity index is 1.49. The molecule has 0 spiro atoms. The number of thioether (sulfide) groups is 1.